The maximum absolute atomic E-state index is 13.1. The molecule has 6 atom stereocenters. The van der Waals surface area contributed by atoms with Crippen molar-refractivity contribution >= 4 is 39.5 Å². The molecule has 0 spiro atoms. The zero-order chi connectivity index (χ0) is 76.2. The van der Waals surface area contributed by atoms with Crippen molar-refractivity contribution in [3.05, 3.63) is 24.3 Å². The molecule has 0 radical (unpaired) electrons. The van der Waals surface area contributed by atoms with E-state index in [0.717, 1.165) is 121 Å². The summed E-state index contributed by atoms with van der Waals surface area (Å²) in [5.41, 5.74) is 0. The van der Waals surface area contributed by atoms with Gasteiger partial charge in [-0.1, -0.05) is 380 Å². The van der Waals surface area contributed by atoms with Crippen LogP contribution in [-0.4, -0.2) is 96.7 Å². The quantitative estimate of drug-likeness (QED) is 0.0169. The number of aliphatic hydroxyl groups excluding tert-OH is 1. The fraction of sp³-hybridized carbons (Fsp3) is 0.906. The van der Waals surface area contributed by atoms with Crippen molar-refractivity contribution in [1.82, 2.24) is 0 Å². The van der Waals surface area contributed by atoms with E-state index in [-0.39, 0.29) is 25.7 Å². The molecule has 0 aliphatic heterocycles. The molecule has 0 fully saturated rings. The van der Waals surface area contributed by atoms with E-state index in [1.807, 2.05) is 0 Å². The van der Waals surface area contributed by atoms with E-state index >= 15 is 0 Å². The molecule has 19 heteroatoms. The molecule has 0 aromatic rings. The molecule has 0 saturated heterocycles. The third-order valence-electron chi connectivity index (χ3n) is 19.8. The minimum absolute atomic E-state index is 0.0851. The molecule has 17 nitrogen and oxygen atoms in total. The highest BCUT2D eigenvalue weighted by Gasteiger charge is 2.30. The number of esters is 4. The van der Waals surface area contributed by atoms with Crippen LogP contribution in [0.4, 0.5) is 0 Å². The number of hydrogen-bond acceptors (Lipinski definition) is 15. The minimum atomic E-state index is -4.97. The number of ether oxygens (including phenoxy) is 4. The summed E-state index contributed by atoms with van der Waals surface area (Å²) in [7, 11) is -9.93. The van der Waals surface area contributed by atoms with Gasteiger partial charge in [0.25, 0.3) is 0 Å². The van der Waals surface area contributed by atoms with Crippen LogP contribution in [0.25, 0.3) is 0 Å². The monoisotopic (exact) mass is 1520 g/mol. The molecule has 0 amide bonds. The number of rotatable bonds is 83. The first-order valence-corrected chi connectivity index (χ1v) is 46.5. The van der Waals surface area contributed by atoms with Crippen LogP contribution in [-0.2, 0) is 65.4 Å². The van der Waals surface area contributed by atoms with E-state index in [1.54, 1.807) is 0 Å². The zero-order valence-corrected chi connectivity index (χ0v) is 69.4. The second kappa shape index (κ2) is 77.3. The van der Waals surface area contributed by atoms with Crippen molar-refractivity contribution in [1.29, 1.82) is 0 Å². The standard InChI is InChI=1S/C85H162O17P2/c1-6-10-13-16-19-21-23-25-27-28-29-30-34-38-41-45-49-54-59-64-69-83(88)96-75-81(102-85(90)71-66-61-56-51-47-43-39-35-32-31-33-37-40-44-48-53-57-62-67-78(5)9-4)77-100-104(93,94)98-73-79(86)72-97-103(91,92)99-76-80(74-95-82(87)68-63-58-52-18-15-12-8-3)101-84(89)70-65-60-55-50-46-42-36-26-24-22-20-17-14-11-7-2/h22,24,26,36,78-81,86H,6-21,23,25,27-35,37-77H2,1-5H3,(H,91,92)(H,93,94)/b24-22-,36-26-/t78?,79-,80+,81+/m0/s1. The van der Waals surface area contributed by atoms with E-state index in [2.05, 4.69) is 58.9 Å². The summed E-state index contributed by atoms with van der Waals surface area (Å²) in [6, 6.07) is 0. The molecule has 0 aromatic heterocycles. The zero-order valence-electron chi connectivity index (χ0n) is 67.7. The lowest BCUT2D eigenvalue weighted by Gasteiger charge is -2.21. The molecule has 0 aliphatic rings. The fourth-order valence-corrected chi connectivity index (χ4v) is 14.3. The third kappa shape index (κ3) is 76.3. The summed E-state index contributed by atoms with van der Waals surface area (Å²) in [5.74, 6) is -1.27. The number of carbonyl (C=O) groups excluding carboxylic acids is 4. The van der Waals surface area contributed by atoms with E-state index in [4.69, 9.17) is 37.0 Å². The lowest BCUT2D eigenvalue weighted by atomic mass is 9.99. The van der Waals surface area contributed by atoms with E-state index < -0.39 is 97.5 Å². The summed E-state index contributed by atoms with van der Waals surface area (Å²) in [6.45, 7) is 7.31. The Morgan fingerprint density at radius 3 is 0.817 bits per heavy atom. The van der Waals surface area contributed by atoms with Gasteiger partial charge in [-0.15, -0.1) is 0 Å². The SMILES string of the molecule is CCCCCC/C=C\C=C/CCCCCCCC(=O)O[C@H](COC(=O)CCCCCCCCC)COP(=O)(O)OC[C@H](O)COP(=O)(O)OC[C@@H](COC(=O)CCCCCCCCCCCCCCCCCCCCCC)OC(=O)CCCCCCCCCCCCCCCCCCCCC(C)CC. The van der Waals surface area contributed by atoms with Gasteiger partial charge in [-0.3, -0.25) is 37.3 Å². The van der Waals surface area contributed by atoms with Crippen LogP contribution in [0.5, 0.6) is 0 Å². The number of phosphoric ester groups is 2. The average Bonchev–Trinajstić information content (AvgIpc) is 0.927. The number of phosphoric acid groups is 2. The van der Waals surface area contributed by atoms with Crippen LogP contribution < -0.4 is 0 Å². The normalized spacial score (nSPS) is 14.2. The Morgan fingerprint density at radius 2 is 0.538 bits per heavy atom. The number of hydrogen-bond donors (Lipinski definition) is 3. The van der Waals surface area contributed by atoms with Gasteiger partial charge in [-0.05, 0) is 57.3 Å². The summed E-state index contributed by atoms with van der Waals surface area (Å²) < 4.78 is 68.6. The van der Waals surface area contributed by atoms with Crippen LogP contribution in [0.1, 0.15) is 433 Å². The highest BCUT2D eigenvalue weighted by atomic mass is 31.2. The van der Waals surface area contributed by atoms with Crippen molar-refractivity contribution in [2.75, 3.05) is 39.6 Å². The fourth-order valence-electron chi connectivity index (χ4n) is 12.7. The molecule has 0 rings (SSSR count). The van der Waals surface area contributed by atoms with Crippen molar-refractivity contribution in [3.8, 4) is 0 Å². The van der Waals surface area contributed by atoms with Crippen molar-refractivity contribution in [3.63, 3.8) is 0 Å². The molecule has 0 saturated carbocycles. The Labute approximate surface area is 637 Å². The van der Waals surface area contributed by atoms with Gasteiger partial charge in [0.1, 0.15) is 19.3 Å². The van der Waals surface area contributed by atoms with Crippen molar-refractivity contribution < 1.29 is 80.2 Å². The number of unbranched alkanes of at least 4 members (excludes halogenated alkanes) is 51. The highest BCUT2D eigenvalue weighted by molar-refractivity contribution is 7.47. The summed E-state index contributed by atoms with van der Waals surface area (Å²) in [6.07, 6.45) is 73.3. The van der Waals surface area contributed by atoms with Gasteiger partial charge in [0.2, 0.25) is 0 Å². The average molecular weight is 1520 g/mol. The molecular weight excluding hydrogens is 1350 g/mol. The van der Waals surface area contributed by atoms with Crippen LogP contribution in [0, 0.1) is 5.92 Å². The van der Waals surface area contributed by atoms with E-state index in [0.29, 0.717) is 25.7 Å². The third-order valence-corrected chi connectivity index (χ3v) is 21.7. The van der Waals surface area contributed by atoms with Gasteiger partial charge in [0.15, 0.2) is 12.2 Å². The van der Waals surface area contributed by atoms with Crippen LogP contribution in [0.3, 0.4) is 0 Å². The molecular formula is C85H162O17P2. The summed E-state index contributed by atoms with van der Waals surface area (Å²) >= 11 is 0. The molecule has 104 heavy (non-hydrogen) atoms. The van der Waals surface area contributed by atoms with Gasteiger partial charge in [-0.2, -0.15) is 0 Å². The molecule has 3 N–H and O–H groups in total. The predicted molar refractivity (Wildman–Crippen MR) is 428 cm³/mol. The Balaban J connectivity index is 5.19. The second-order valence-electron chi connectivity index (χ2n) is 30.1. The molecule has 0 bridgehead atoms. The van der Waals surface area contributed by atoms with Crippen LogP contribution in [0.2, 0.25) is 0 Å². The van der Waals surface area contributed by atoms with Crippen molar-refractivity contribution in [2.24, 2.45) is 5.92 Å². The van der Waals surface area contributed by atoms with Gasteiger partial charge >= 0.3 is 39.5 Å². The Bertz CT molecular complexity index is 2080. The van der Waals surface area contributed by atoms with Gasteiger partial charge in [-0.25, -0.2) is 9.13 Å². The Kier molecular flexibility index (Phi) is 75.4. The maximum atomic E-state index is 13.1. The van der Waals surface area contributed by atoms with E-state index in [1.165, 1.54) is 231 Å². The summed E-state index contributed by atoms with van der Waals surface area (Å²) in [5, 5.41) is 10.6. The summed E-state index contributed by atoms with van der Waals surface area (Å²) in [4.78, 5) is 73.0. The first kappa shape index (κ1) is 102. The number of allylic oxidation sites excluding steroid dienone is 4. The second-order valence-corrected chi connectivity index (χ2v) is 33.0. The minimum Gasteiger partial charge on any atom is -0.462 e. The van der Waals surface area contributed by atoms with Crippen LogP contribution >= 0.6 is 15.6 Å². The topological polar surface area (TPSA) is 237 Å². The predicted octanol–water partition coefficient (Wildman–Crippen LogP) is 25.5. The van der Waals surface area contributed by atoms with Gasteiger partial charge < -0.3 is 33.8 Å². The number of carbonyl (C=O) groups is 4. The number of aliphatic hydroxyl groups is 1. The smallest absolute Gasteiger partial charge is 0.462 e. The largest absolute Gasteiger partial charge is 0.472 e. The Morgan fingerprint density at radius 1 is 0.308 bits per heavy atom. The van der Waals surface area contributed by atoms with E-state index in [9.17, 15) is 43.2 Å². The maximum Gasteiger partial charge on any atom is 0.472 e. The first-order valence-electron chi connectivity index (χ1n) is 43.5. The molecule has 0 aromatic carbocycles. The van der Waals surface area contributed by atoms with Crippen molar-refractivity contribution in [2.45, 2.75) is 451 Å². The molecule has 0 aliphatic carbocycles. The Hall–Kier alpha value is -2.46. The molecule has 3 unspecified atom stereocenters. The lowest BCUT2D eigenvalue weighted by molar-refractivity contribution is -0.161. The van der Waals surface area contributed by atoms with Gasteiger partial charge in [0, 0.05) is 25.7 Å². The van der Waals surface area contributed by atoms with Gasteiger partial charge in [0.05, 0.1) is 26.4 Å². The first-order chi connectivity index (χ1) is 50.6. The molecule has 614 valence electrons. The molecule has 0 heterocycles. The lowest BCUT2D eigenvalue weighted by Crippen LogP contribution is -2.30. The highest BCUT2D eigenvalue weighted by Crippen LogP contribution is 2.45. The van der Waals surface area contributed by atoms with Crippen LogP contribution in [0.15, 0.2) is 24.3 Å².